The third kappa shape index (κ3) is 35.2. The van der Waals surface area contributed by atoms with Gasteiger partial charge in [0.25, 0.3) is 0 Å². The van der Waals surface area contributed by atoms with Crippen LogP contribution in [0.5, 0.6) is 0 Å². The number of carbonyl (C=O) groups is 2. The Labute approximate surface area is 391 Å². The second kappa shape index (κ2) is 44.7. The molecule has 0 aromatic heterocycles. The predicted molar refractivity (Wildman–Crippen MR) is 261 cm³/mol. The van der Waals surface area contributed by atoms with Gasteiger partial charge in [-0.2, -0.15) is 0 Å². The Hall–Kier alpha value is -2.08. The van der Waals surface area contributed by atoms with Gasteiger partial charge in [0.05, 0.1) is 13.2 Å². The average Bonchev–Trinajstić information content (AvgIpc) is 3.29. The van der Waals surface area contributed by atoms with E-state index in [4.69, 9.17) is 18.9 Å². The number of aliphatic hydroxyl groups excluding tert-OH is 4. The summed E-state index contributed by atoms with van der Waals surface area (Å²) < 4.78 is 22.2. The Balaban J connectivity index is 2.24. The molecule has 0 bridgehead atoms. The number of unbranched alkanes of at least 4 members (excludes halogenated alkanes) is 28. The van der Waals surface area contributed by atoms with Crippen LogP contribution in [-0.2, 0) is 28.5 Å². The zero-order valence-electron chi connectivity index (χ0n) is 41.0. The van der Waals surface area contributed by atoms with Crippen LogP contribution in [0.3, 0.4) is 0 Å². The van der Waals surface area contributed by atoms with E-state index in [9.17, 15) is 30.0 Å². The van der Waals surface area contributed by atoms with E-state index in [0.29, 0.717) is 6.42 Å². The first-order valence-electron chi connectivity index (χ1n) is 26.6. The van der Waals surface area contributed by atoms with Crippen molar-refractivity contribution in [1.82, 2.24) is 0 Å². The molecule has 1 heterocycles. The van der Waals surface area contributed by atoms with E-state index >= 15 is 0 Å². The van der Waals surface area contributed by atoms with Gasteiger partial charge >= 0.3 is 11.9 Å². The average molecular weight is 907 g/mol. The smallest absolute Gasteiger partial charge is 0.306 e. The second-order valence-corrected chi connectivity index (χ2v) is 18.3. The minimum Gasteiger partial charge on any atom is -0.462 e. The fourth-order valence-corrected chi connectivity index (χ4v) is 8.08. The van der Waals surface area contributed by atoms with E-state index in [-0.39, 0.29) is 32.0 Å². The molecule has 10 heteroatoms. The lowest BCUT2D eigenvalue weighted by atomic mass is 9.99. The van der Waals surface area contributed by atoms with Gasteiger partial charge in [0.1, 0.15) is 31.0 Å². The van der Waals surface area contributed by atoms with Crippen LogP contribution in [0.4, 0.5) is 0 Å². The first-order valence-corrected chi connectivity index (χ1v) is 26.6. The quantitative estimate of drug-likeness (QED) is 0.0264. The van der Waals surface area contributed by atoms with E-state index in [1.165, 1.54) is 148 Å². The molecule has 64 heavy (non-hydrogen) atoms. The lowest BCUT2D eigenvalue weighted by Crippen LogP contribution is -2.59. The first kappa shape index (κ1) is 59.9. The van der Waals surface area contributed by atoms with Gasteiger partial charge in [-0.3, -0.25) is 9.59 Å². The molecule has 6 atom stereocenters. The highest BCUT2D eigenvalue weighted by molar-refractivity contribution is 5.70. The summed E-state index contributed by atoms with van der Waals surface area (Å²) >= 11 is 0. The normalized spacial score (nSPS) is 19.6. The first-order chi connectivity index (χ1) is 31.3. The maximum Gasteiger partial charge on any atom is 0.306 e. The standard InChI is InChI=1S/C54H98O10/c1-3-5-7-9-11-13-15-17-19-21-22-23-24-25-27-28-30-32-34-36-38-40-42-49(56)61-45-47(46-62-54-53(60)52(59)51(58)48(44-55)64-54)63-50(57)43-41-39-37-35-33-31-29-26-20-18-16-14-12-10-8-6-4-2/h12,14,18,20,29,31,47-48,51-55,58-60H,3-11,13,15-17,19,21-28,30,32-46H2,1-2H3/b14-12+,20-18+,31-29+/t47-,48-,51+,52?,53?,54-/m0/s1. The molecule has 0 spiro atoms. The Bertz CT molecular complexity index is 1140. The number of allylic oxidation sites excluding steroid dienone is 6. The lowest BCUT2D eigenvalue weighted by molar-refractivity contribution is -0.305. The van der Waals surface area contributed by atoms with Crippen molar-refractivity contribution in [3.05, 3.63) is 36.5 Å². The fraction of sp³-hybridized carbons (Fsp3) is 0.852. The van der Waals surface area contributed by atoms with Crippen molar-refractivity contribution in [2.45, 2.75) is 275 Å². The summed E-state index contributed by atoms with van der Waals surface area (Å²) in [6.45, 7) is 3.41. The molecule has 1 saturated heterocycles. The molecule has 0 aromatic rings. The van der Waals surface area contributed by atoms with Crippen molar-refractivity contribution in [2.24, 2.45) is 0 Å². The molecular formula is C54H98O10. The third-order valence-corrected chi connectivity index (χ3v) is 12.3. The Morgan fingerprint density at radius 2 is 0.875 bits per heavy atom. The van der Waals surface area contributed by atoms with Crippen LogP contribution < -0.4 is 0 Å². The number of carbonyl (C=O) groups excluding carboxylic acids is 2. The van der Waals surface area contributed by atoms with Crippen LogP contribution in [0.25, 0.3) is 0 Å². The second-order valence-electron chi connectivity index (χ2n) is 18.3. The minimum absolute atomic E-state index is 0.206. The van der Waals surface area contributed by atoms with Gasteiger partial charge in [0.2, 0.25) is 0 Å². The van der Waals surface area contributed by atoms with Gasteiger partial charge < -0.3 is 39.4 Å². The van der Waals surface area contributed by atoms with Crippen molar-refractivity contribution in [2.75, 3.05) is 19.8 Å². The molecule has 1 rings (SSSR count). The van der Waals surface area contributed by atoms with Crippen molar-refractivity contribution in [3.63, 3.8) is 0 Å². The van der Waals surface area contributed by atoms with Crippen LogP contribution in [0.1, 0.15) is 239 Å². The molecule has 0 radical (unpaired) electrons. The molecule has 0 amide bonds. The third-order valence-electron chi connectivity index (χ3n) is 12.3. The molecule has 4 N–H and O–H groups in total. The van der Waals surface area contributed by atoms with E-state index in [1.54, 1.807) is 0 Å². The Morgan fingerprint density at radius 1 is 0.484 bits per heavy atom. The van der Waals surface area contributed by atoms with Crippen molar-refractivity contribution >= 4 is 11.9 Å². The molecule has 1 fully saturated rings. The van der Waals surface area contributed by atoms with Crippen LogP contribution >= 0.6 is 0 Å². The summed E-state index contributed by atoms with van der Waals surface area (Å²) in [5.74, 6) is -0.821. The van der Waals surface area contributed by atoms with Crippen molar-refractivity contribution < 1.29 is 49.0 Å². The SMILES string of the molecule is CCCCC/C=C/C/C=C/C/C=C/CCCCCCC(=O)O[C@@H](COC(=O)CCCCCCCCCCCCCCCCCCCCCCCC)CO[C@H]1O[C@@H](CO)[C@@H](O)C(O)C1O. The number of aliphatic hydroxyl groups is 4. The van der Waals surface area contributed by atoms with Gasteiger partial charge in [0, 0.05) is 12.8 Å². The molecule has 1 aliphatic rings. The predicted octanol–water partition coefficient (Wildman–Crippen LogP) is 12.6. The molecule has 0 saturated carbocycles. The topological polar surface area (TPSA) is 152 Å². The fourth-order valence-electron chi connectivity index (χ4n) is 8.08. The van der Waals surface area contributed by atoms with Gasteiger partial charge in [0.15, 0.2) is 12.4 Å². The molecule has 2 unspecified atom stereocenters. The Morgan fingerprint density at radius 3 is 1.34 bits per heavy atom. The maximum absolute atomic E-state index is 12.8. The van der Waals surface area contributed by atoms with E-state index < -0.39 is 49.4 Å². The van der Waals surface area contributed by atoms with Crippen LogP contribution in [0.2, 0.25) is 0 Å². The number of rotatable bonds is 45. The monoisotopic (exact) mass is 907 g/mol. The summed E-state index contributed by atoms with van der Waals surface area (Å²) in [5, 5.41) is 40.2. The van der Waals surface area contributed by atoms with Gasteiger partial charge in [-0.15, -0.1) is 0 Å². The highest BCUT2D eigenvalue weighted by atomic mass is 16.7. The van der Waals surface area contributed by atoms with E-state index in [0.717, 1.165) is 57.8 Å². The lowest BCUT2D eigenvalue weighted by Gasteiger charge is -2.39. The Kier molecular flexibility index (Phi) is 41.9. The minimum atomic E-state index is -1.60. The number of hydrogen-bond acceptors (Lipinski definition) is 10. The number of hydrogen-bond donors (Lipinski definition) is 4. The maximum atomic E-state index is 12.8. The largest absolute Gasteiger partial charge is 0.462 e. The molecular weight excluding hydrogens is 809 g/mol. The number of ether oxygens (including phenoxy) is 4. The summed E-state index contributed by atoms with van der Waals surface area (Å²) in [6.07, 6.45) is 45.8. The molecule has 1 aliphatic heterocycles. The van der Waals surface area contributed by atoms with Gasteiger partial charge in [-0.05, 0) is 51.4 Å². The van der Waals surface area contributed by atoms with Crippen LogP contribution in [0.15, 0.2) is 36.5 Å². The van der Waals surface area contributed by atoms with Crippen LogP contribution in [-0.4, -0.2) is 89.0 Å². The van der Waals surface area contributed by atoms with Gasteiger partial charge in [-0.1, -0.05) is 211 Å². The molecule has 374 valence electrons. The van der Waals surface area contributed by atoms with E-state index in [1.807, 2.05) is 0 Å². The molecule has 0 aliphatic carbocycles. The summed E-state index contributed by atoms with van der Waals surface area (Å²) in [4.78, 5) is 25.5. The zero-order chi connectivity index (χ0) is 46.6. The van der Waals surface area contributed by atoms with E-state index in [2.05, 4.69) is 50.3 Å². The van der Waals surface area contributed by atoms with Gasteiger partial charge in [-0.25, -0.2) is 0 Å². The van der Waals surface area contributed by atoms with Crippen molar-refractivity contribution in [3.8, 4) is 0 Å². The molecule has 0 aromatic carbocycles. The van der Waals surface area contributed by atoms with Crippen LogP contribution in [0, 0.1) is 0 Å². The summed E-state index contributed by atoms with van der Waals surface area (Å²) in [5.41, 5.74) is 0. The van der Waals surface area contributed by atoms with Crippen molar-refractivity contribution in [1.29, 1.82) is 0 Å². The summed E-state index contributed by atoms with van der Waals surface area (Å²) in [6, 6.07) is 0. The zero-order valence-corrected chi connectivity index (χ0v) is 41.0. The molecule has 10 nitrogen and oxygen atoms in total. The highest BCUT2D eigenvalue weighted by Gasteiger charge is 2.44. The highest BCUT2D eigenvalue weighted by Crippen LogP contribution is 2.23. The summed E-state index contributed by atoms with van der Waals surface area (Å²) in [7, 11) is 0. The number of esters is 2.